The average molecular weight is 390 g/mol. The molecule has 1 aromatic heterocycles. The molecule has 0 fully saturated rings. The van der Waals surface area contributed by atoms with E-state index in [2.05, 4.69) is 5.32 Å². The Hall–Kier alpha value is -2.45. The van der Waals surface area contributed by atoms with Gasteiger partial charge in [0.2, 0.25) is 5.91 Å². The summed E-state index contributed by atoms with van der Waals surface area (Å²) in [5, 5.41) is 2.72. The van der Waals surface area contributed by atoms with Crippen LogP contribution in [-0.2, 0) is 21.2 Å². The fraction of sp³-hybridized carbons (Fsp3) is 0.222. The van der Waals surface area contributed by atoms with Crippen LogP contribution in [0.25, 0.3) is 10.2 Å². The van der Waals surface area contributed by atoms with Crippen molar-refractivity contribution in [1.29, 1.82) is 0 Å². The zero-order valence-corrected chi connectivity index (χ0v) is 15.8. The van der Waals surface area contributed by atoms with Gasteiger partial charge in [-0.15, -0.1) is 0 Å². The van der Waals surface area contributed by atoms with Gasteiger partial charge in [-0.3, -0.25) is 14.2 Å². The third-order valence-electron chi connectivity index (χ3n) is 4.01. The molecule has 0 saturated heterocycles. The molecule has 6 nitrogen and oxygen atoms in total. The second kappa shape index (κ2) is 7.43. The van der Waals surface area contributed by atoms with Gasteiger partial charge in [0.15, 0.2) is 9.84 Å². The number of nitrogens with one attached hydrogen (secondary N) is 1. The lowest BCUT2D eigenvalue weighted by Gasteiger charge is -2.07. The lowest BCUT2D eigenvalue weighted by Crippen LogP contribution is -2.19. The molecule has 8 heteroatoms. The number of carbonyl (C=O) groups is 1. The van der Waals surface area contributed by atoms with E-state index in [1.807, 2.05) is 24.3 Å². The molecular formula is C18H18N2O4S2. The van der Waals surface area contributed by atoms with Gasteiger partial charge in [0.25, 0.3) is 0 Å². The van der Waals surface area contributed by atoms with Crippen LogP contribution in [0.2, 0.25) is 0 Å². The van der Waals surface area contributed by atoms with E-state index in [9.17, 15) is 18.0 Å². The molecule has 136 valence electrons. The van der Waals surface area contributed by atoms with Crippen molar-refractivity contribution in [3.63, 3.8) is 0 Å². The number of amides is 1. The summed E-state index contributed by atoms with van der Waals surface area (Å²) in [6.07, 6.45) is 0.148. The summed E-state index contributed by atoms with van der Waals surface area (Å²) < 4.78 is 26.1. The van der Waals surface area contributed by atoms with Gasteiger partial charge in [-0.1, -0.05) is 30.4 Å². The number of thiazole rings is 1. The first-order chi connectivity index (χ1) is 12.4. The van der Waals surface area contributed by atoms with E-state index in [0.29, 0.717) is 5.69 Å². The van der Waals surface area contributed by atoms with Crippen molar-refractivity contribution in [3.05, 3.63) is 58.2 Å². The average Bonchev–Trinajstić information content (AvgIpc) is 2.95. The van der Waals surface area contributed by atoms with Crippen molar-refractivity contribution in [2.75, 3.05) is 11.1 Å². The number of benzene rings is 2. The van der Waals surface area contributed by atoms with E-state index in [1.54, 1.807) is 23.6 Å². The molecule has 0 aliphatic carbocycles. The molecule has 0 aliphatic rings. The molecule has 0 atom stereocenters. The van der Waals surface area contributed by atoms with Gasteiger partial charge in [0, 0.05) is 18.7 Å². The number of sulfone groups is 1. The monoisotopic (exact) mass is 390 g/mol. The van der Waals surface area contributed by atoms with Crippen LogP contribution < -0.4 is 10.2 Å². The number of aromatic nitrogens is 1. The maximum absolute atomic E-state index is 12.2. The van der Waals surface area contributed by atoms with Crippen LogP contribution in [0.5, 0.6) is 0 Å². The maximum atomic E-state index is 12.2. The fourth-order valence-electron chi connectivity index (χ4n) is 2.57. The number of hydrogen-bond acceptors (Lipinski definition) is 5. The molecule has 0 saturated carbocycles. The Morgan fingerprint density at radius 3 is 2.50 bits per heavy atom. The first kappa shape index (κ1) is 18.3. The minimum Gasteiger partial charge on any atom is -0.326 e. The largest absolute Gasteiger partial charge is 0.326 e. The molecule has 0 bridgehead atoms. The van der Waals surface area contributed by atoms with Gasteiger partial charge in [-0.25, -0.2) is 8.42 Å². The summed E-state index contributed by atoms with van der Waals surface area (Å²) in [5.74, 6) is -0.208. The predicted octanol–water partition coefficient (Wildman–Crippen LogP) is 2.89. The minimum absolute atomic E-state index is 0.0298. The van der Waals surface area contributed by atoms with Crippen LogP contribution in [0.3, 0.4) is 0 Å². The summed E-state index contributed by atoms with van der Waals surface area (Å²) in [7, 11) is -3.26. The second-order valence-corrected chi connectivity index (χ2v) is 8.98. The SMILES string of the molecule is CCS(=O)(=O)c1ccc(NC(=O)CCn2c(=O)sc3ccccc32)cc1. The number of nitrogens with zero attached hydrogens (tertiary/aromatic N) is 1. The van der Waals surface area contributed by atoms with Crippen molar-refractivity contribution in [3.8, 4) is 0 Å². The standard InChI is InChI=1S/C18H18N2O4S2/c1-2-26(23,24)14-9-7-13(8-10-14)19-17(21)11-12-20-15-5-3-4-6-16(15)25-18(20)22/h3-10H,2,11-12H2,1H3,(H,19,21). The molecule has 0 radical (unpaired) electrons. The lowest BCUT2D eigenvalue weighted by atomic mass is 10.3. The topological polar surface area (TPSA) is 85.2 Å². The number of carbonyl (C=O) groups excluding carboxylic acids is 1. The predicted molar refractivity (Wildman–Crippen MR) is 104 cm³/mol. The highest BCUT2D eigenvalue weighted by atomic mass is 32.2. The minimum atomic E-state index is -3.26. The molecular weight excluding hydrogens is 372 g/mol. The third kappa shape index (κ3) is 3.86. The maximum Gasteiger partial charge on any atom is 0.308 e. The van der Waals surface area contributed by atoms with Gasteiger partial charge < -0.3 is 5.32 Å². The molecule has 0 unspecified atom stereocenters. The molecule has 3 aromatic rings. The normalized spacial score (nSPS) is 11.6. The number of hydrogen-bond donors (Lipinski definition) is 1. The number of anilines is 1. The molecule has 0 spiro atoms. The van der Waals surface area contributed by atoms with Crippen LogP contribution in [0, 0.1) is 0 Å². The second-order valence-electron chi connectivity index (χ2n) is 5.71. The highest BCUT2D eigenvalue weighted by Gasteiger charge is 2.12. The Balaban J connectivity index is 1.66. The van der Waals surface area contributed by atoms with E-state index in [0.717, 1.165) is 21.6 Å². The van der Waals surface area contributed by atoms with Gasteiger partial charge in [-0.2, -0.15) is 0 Å². The number of para-hydroxylation sites is 1. The molecule has 0 aliphatic heterocycles. The Morgan fingerprint density at radius 2 is 1.81 bits per heavy atom. The Kier molecular flexibility index (Phi) is 5.24. The van der Waals surface area contributed by atoms with E-state index in [4.69, 9.17) is 0 Å². The summed E-state index contributed by atoms with van der Waals surface area (Å²) in [6.45, 7) is 1.87. The smallest absolute Gasteiger partial charge is 0.308 e. The number of fused-ring (bicyclic) bond motifs is 1. The highest BCUT2D eigenvalue weighted by Crippen LogP contribution is 2.18. The quantitative estimate of drug-likeness (QED) is 0.701. The van der Waals surface area contributed by atoms with E-state index in [-0.39, 0.29) is 34.4 Å². The van der Waals surface area contributed by atoms with Crippen molar-refractivity contribution in [1.82, 2.24) is 4.57 Å². The van der Waals surface area contributed by atoms with Crippen LogP contribution in [0.1, 0.15) is 13.3 Å². The van der Waals surface area contributed by atoms with Crippen LogP contribution in [-0.4, -0.2) is 24.6 Å². The Morgan fingerprint density at radius 1 is 1.12 bits per heavy atom. The summed E-state index contributed by atoms with van der Waals surface area (Å²) in [4.78, 5) is 24.4. The number of rotatable bonds is 6. The zero-order valence-electron chi connectivity index (χ0n) is 14.1. The highest BCUT2D eigenvalue weighted by molar-refractivity contribution is 7.91. The van der Waals surface area contributed by atoms with E-state index < -0.39 is 9.84 Å². The third-order valence-corrected chi connectivity index (χ3v) is 6.72. The first-order valence-electron chi connectivity index (χ1n) is 8.12. The van der Waals surface area contributed by atoms with E-state index >= 15 is 0 Å². The van der Waals surface area contributed by atoms with Crippen molar-refractivity contribution in [2.45, 2.75) is 24.8 Å². The first-order valence-corrected chi connectivity index (χ1v) is 10.6. The summed E-state index contributed by atoms with van der Waals surface area (Å²) in [5.41, 5.74) is 1.34. The van der Waals surface area contributed by atoms with Crippen LogP contribution in [0.15, 0.2) is 58.2 Å². The molecule has 26 heavy (non-hydrogen) atoms. The molecule has 3 rings (SSSR count). The number of aryl methyl sites for hydroxylation is 1. The zero-order chi connectivity index (χ0) is 18.7. The Bertz CT molecular complexity index is 1100. The van der Waals surface area contributed by atoms with Crippen molar-refractivity contribution >= 4 is 43.0 Å². The van der Waals surface area contributed by atoms with Gasteiger partial charge in [0.05, 0.1) is 20.9 Å². The van der Waals surface area contributed by atoms with Gasteiger partial charge >= 0.3 is 4.87 Å². The molecule has 1 N–H and O–H groups in total. The summed E-state index contributed by atoms with van der Waals surface area (Å²) >= 11 is 1.16. The van der Waals surface area contributed by atoms with Gasteiger partial charge in [0.1, 0.15) is 0 Å². The van der Waals surface area contributed by atoms with Gasteiger partial charge in [-0.05, 0) is 36.4 Å². The Labute approximate surface area is 155 Å². The fourth-order valence-corrected chi connectivity index (χ4v) is 4.38. The van der Waals surface area contributed by atoms with Crippen LogP contribution in [0.4, 0.5) is 5.69 Å². The van der Waals surface area contributed by atoms with Crippen molar-refractivity contribution < 1.29 is 13.2 Å². The van der Waals surface area contributed by atoms with Crippen molar-refractivity contribution in [2.24, 2.45) is 0 Å². The van der Waals surface area contributed by atoms with Crippen LogP contribution >= 0.6 is 11.3 Å². The summed E-state index contributed by atoms with van der Waals surface area (Å²) in [6, 6.07) is 13.5. The molecule has 1 amide bonds. The molecule has 2 aromatic carbocycles. The lowest BCUT2D eigenvalue weighted by molar-refractivity contribution is -0.116. The molecule has 1 heterocycles. The van der Waals surface area contributed by atoms with E-state index in [1.165, 1.54) is 12.1 Å².